The van der Waals surface area contributed by atoms with Crippen LogP contribution in [0.1, 0.15) is 28.7 Å². The van der Waals surface area contributed by atoms with Crippen molar-refractivity contribution in [1.29, 1.82) is 5.26 Å². The summed E-state index contributed by atoms with van der Waals surface area (Å²) in [5.74, 6) is -1.13. The molecule has 1 aromatic heterocycles. The number of Topliss-reactive ketones (excluding diaryl/α,β-unsaturated/α-hetero) is 1. The molecule has 0 aliphatic carbocycles. The first-order chi connectivity index (χ1) is 8.93. The van der Waals surface area contributed by atoms with Gasteiger partial charge < -0.3 is 5.73 Å². The molecule has 0 aliphatic rings. The number of halogens is 1. The fourth-order valence-corrected chi connectivity index (χ4v) is 1.90. The second kappa shape index (κ2) is 4.53. The number of nitrogens with zero attached hydrogens (tertiary/aromatic N) is 3. The lowest BCUT2D eigenvalue weighted by Crippen LogP contribution is -2.10. The minimum absolute atomic E-state index is 0.0927. The van der Waals surface area contributed by atoms with Crippen LogP contribution < -0.4 is 5.73 Å². The van der Waals surface area contributed by atoms with Crippen molar-refractivity contribution in [2.24, 2.45) is 0 Å². The van der Waals surface area contributed by atoms with Gasteiger partial charge in [-0.2, -0.15) is 10.4 Å². The highest BCUT2D eigenvalue weighted by molar-refractivity contribution is 5.98. The van der Waals surface area contributed by atoms with Gasteiger partial charge in [-0.25, -0.2) is 9.07 Å². The average Bonchev–Trinajstić information content (AvgIpc) is 2.68. The summed E-state index contributed by atoms with van der Waals surface area (Å²) in [7, 11) is 0. The number of ketones is 1. The molecule has 5 nitrogen and oxygen atoms in total. The molecular weight excluding hydrogens is 247 g/mol. The van der Waals surface area contributed by atoms with E-state index in [1.807, 2.05) is 6.07 Å². The van der Waals surface area contributed by atoms with Crippen LogP contribution in [0.5, 0.6) is 0 Å². The molecule has 0 atom stereocenters. The summed E-state index contributed by atoms with van der Waals surface area (Å²) < 4.78 is 15.2. The molecule has 0 spiro atoms. The molecule has 0 radical (unpaired) electrons. The van der Waals surface area contributed by atoms with E-state index in [2.05, 4.69) is 5.10 Å². The molecule has 0 fully saturated rings. The maximum Gasteiger partial charge on any atom is 0.164 e. The van der Waals surface area contributed by atoms with Gasteiger partial charge in [-0.15, -0.1) is 0 Å². The van der Waals surface area contributed by atoms with Crippen molar-refractivity contribution in [2.45, 2.75) is 13.8 Å². The van der Waals surface area contributed by atoms with E-state index in [-0.39, 0.29) is 22.6 Å². The molecule has 0 saturated heterocycles. The van der Waals surface area contributed by atoms with Gasteiger partial charge in [-0.3, -0.25) is 4.79 Å². The van der Waals surface area contributed by atoms with E-state index >= 15 is 0 Å². The van der Waals surface area contributed by atoms with Crippen molar-refractivity contribution in [2.75, 3.05) is 5.73 Å². The maximum absolute atomic E-state index is 13.9. The summed E-state index contributed by atoms with van der Waals surface area (Å²) in [4.78, 5) is 11.6. The number of benzene rings is 1. The summed E-state index contributed by atoms with van der Waals surface area (Å²) in [5.41, 5.74) is 6.74. The van der Waals surface area contributed by atoms with Gasteiger partial charge in [-0.05, 0) is 32.0 Å². The lowest BCUT2D eigenvalue weighted by molar-refractivity contribution is 0.101. The smallest absolute Gasteiger partial charge is 0.164 e. The number of hydrogen-bond donors (Lipinski definition) is 1. The number of rotatable bonds is 2. The second-order valence-corrected chi connectivity index (χ2v) is 4.15. The highest BCUT2D eigenvalue weighted by Crippen LogP contribution is 2.23. The zero-order valence-corrected chi connectivity index (χ0v) is 10.4. The third-order valence-electron chi connectivity index (χ3n) is 2.67. The molecule has 0 bridgehead atoms. The zero-order chi connectivity index (χ0) is 14.2. The number of hydrogen-bond acceptors (Lipinski definition) is 4. The normalized spacial score (nSPS) is 10.2. The number of nitrogens with two attached hydrogens (primary N) is 1. The number of aromatic nitrogens is 2. The highest BCUT2D eigenvalue weighted by Gasteiger charge is 2.18. The molecule has 19 heavy (non-hydrogen) atoms. The molecule has 0 saturated carbocycles. The standard InChI is InChI=1S/C13H11FN4O/c1-7-3-10(6-15)17-18(7)12-5-9(16)4-11(14)13(12)8(2)19/h3-5H,16H2,1-2H3. The molecular formula is C13H11FN4O. The molecule has 2 rings (SSSR count). The van der Waals surface area contributed by atoms with Crippen LogP contribution in [0.2, 0.25) is 0 Å². The summed E-state index contributed by atoms with van der Waals surface area (Å²) in [5, 5.41) is 12.8. The Morgan fingerprint density at radius 2 is 2.16 bits per heavy atom. The van der Waals surface area contributed by atoms with Gasteiger partial charge in [0.1, 0.15) is 11.9 Å². The predicted octanol–water partition coefficient (Wildman–Crippen LogP) is 1.98. The molecule has 0 amide bonds. The topological polar surface area (TPSA) is 84.7 Å². The second-order valence-electron chi connectivity index (χ2n) is 4.15. The molecule has 96 valence electrons. The largest absolute Gasteiger partial charge is 0.399 e. The SMILES string of the molecule is CC(=O)c1c(F)cc(N)cc1-n1nc(C#N)cc1C. The van der Waals surface area contributed by atoms with Crippen LogP contribution in [0.15, 0.2) is 18.2 Å². The van der Waals surface area contributed by atoms with Crippen molar-refractivity contribution in [3.63, 3.8) is 0 Å². The van der Waals surface area contributed by atoms with Gasteiger partial charge >= 0.3 is 0 Å². The molecule has 1 aromatic carbocycles. The van der Waals surface area contributed by atoms with Gasteiger partial charge in [0.2, 0.25) is 0 Å². The van der Waals surface area contributed by atoms with Gasteiger partial charge in [-0.1, -0.05) is 0 Å². The number of carbonyl (C=O) groups is 1. The van der Waals surface area contributed by atoms with E-state index in [0.717, 1.165) is 6.07 Å². The Kier molecular flexibility index (Phi) is 3.05. The molecule has 1 heterocycles. The zero-order valence-electron chi connectivity index (χ0n) is 10.4. The van der Waals surface area contributed by atoms with E-state index in [4.69, 9.17) is 11.0 Å². The molecule has 6 heteroatoms. The van der Waals surface area contributed by atoms with Crippen molar-refractivity contribution < 1.29 is 9.18 Å². The number of carbonyl (C=O) groups excluding carboxylic acids is 1. The van der Waals surface area contributed by atoms with E-state index in [9.17, 15) is 9.18 Å². The first-order valence-electron chi connectivity index (χ1n) is 5.51. The number of aryl methyl sites for hydroxylation is 1. The summed E-state index contributed by atoms with van der Waals surface area (Å²) in [6, 6.07) is 5.99. The van der Waals surface area contributed by atoms with E-state index in [1.165, 1.54) is 17.7 Å². The van der Waals surface area contributed by atoms with Crippen LogP contribution in [0, 0.1) is 24.1 Å². The monoisotopic (exact) mass is 258 g/mol. The Labute approximate surface area is 109 Å². The predicted molar refractivity (Wildman–Crippen MR) is 67.4 cm³/mol. The number of nitrogen functional groups attached to an aromatic ring is 1. The van der Waals surface area contributed by atoms with Gasteiger partial charge in [0.15, 0.2) is 11.5 Å². The minimum atomic E-state index is -0.698. The van der Waals surface area contributed by atoms with Crippen LogP contribution in [0.3, 0.4) is 0 Å². The number of nitriles is 1. The van der Waals surface area contributed by atoms with Crippen molar-refractivity contribution in [3.05, 3.63) is 41.0 Å². The van der Waals surface area contributed by atoms with Crippen molar-refractivity contribution in [1.82, 2.24) is 9.78 Å². The number of anilines is 1. The van der Waals surface area contributed by atoms with Gasteiger partial charge in [0.25, 0.3) is 0 Å². The van der Waals surface area contributed by atoms with E-state index < -0.39 is 11.6 Å². The van der Waals surface area contributed by atoms with E-state index in [1.54, 1.807) is 13.0 Å². The Balaban J connectivity index is 2.77. The average molecular weight is 258 g/mol. The van der Waals surface area contributed by atoms with Crippen LogP contribution >= 0.6 is 0 Å². The lowest BCUT2D eigenvalue weighted by Gasteiger charge is -2.11. The van der Waals surface area contributed by atoms with Crippen LogP contribution in [0.4, 0.5) is 10.1 Å². The van der Waals surface area contributed by atoms with Crippen LogP contribution in [-0.4, -0.2) is 15.6 Å². The summed E-state index contributed by atoms with van der Waals surface area (Å²) in [6.45, 7) is 2.97. The summed E-state index contributed by atoms with van der Waals surface area (Å²) in [6.07, 6.45) is 0. The fraction of sp³-hybridized carbons (Fsp3) is 0.154. The van der Waals surface area contributed by atoms with Crippen molar-refractivity contribution in [3.8, 4) is 11.8 Å². The summed E-state index contributed by atoms with van der Waals surface area (Å²) >= 11 is 0. The quantitative estimate of drug-likeness (QED) is 0.659. The first-order valence-corrected chi connectivity index (χ1v) is 5.51. The molecule has 0 unspecified atom stereocenters. The molecule has 2 aromatic rings. The van der Waals surface area contributed by atoms with Crippen molar-refractivity contribution >= 4 is 11.5 Å². The maximum atomic E-state index is 13.9. The van der Waals surface area contributed by atoms with Gasteiger partial charge in [0, 0.05) is 11.4 Å². The Hall–Kier alpha value is -2.68. The van der Waals surface area contributed by atoms with Gasteiger partial charge in [0.05, 0.1) is 11.3 Å². The molecule has 2 N–H and O–H groups in total. The lowest BCUT2D eigenvalue weighted by atomic mass is 10.1. The highest BCUT2D eigenvalue weighted by atomic mass is 19.1. The fourth-order valence-electron chi connectivity index (χ4n) is 1.90. The van der Waals surface area contributed by atoms with E-state index in [0.29, 0.717) is 5.69 Å². The van der Waals surface area contributed by atoms with Crippen LogP contribution in [-0.2, 0) is 0 Å². The third kappa shape index (κ3) is 2.18. The molecule has 0 aliphatic heterocycles. The first kappa shape index (κ1) is 12.8. The Morgan fingerprint density at radius 1 is 1.47 bits per heavy atom. The Morgan fingerprint density at radius 3 is 2.68 bits per heavy atom. The van der Waals surface area contributed by atoms with Crippen LogP contribution in [0.25, 0.3) is 5.69 Å². The Bertz CT molecular complexity index is 712. The third-order valence-corrected chi connectivity index (χ3v) is 2.67. The minimum Gasteiger partial charge on any atom is -0.399 e.